The van der Waals surface area contributed by atoms with Gasteiger partial charge in [0.05, 0.1) is 25.4 Å². The van der Waals surface area contributed by atoms with Gasteiger partial charge in [-0.2, -0.15) is 0 Å². The summed E-state index contributed by atoms with van der Waals surface area (Å²) in [5, 5.41) is 42.5. The SMILES string of the molecule is CCCSc1nc(N[C@@H]2CC2c2ccc(F)c(F)c2)c2nnn([C@H]3C[C@@H](OCCO)[C@H](O)[C@@H]3O)c2n1. The molecule has 2 heterocycles. The van der Waals surface area contributed by atoms with Crippen LogP contribution in [0.1, 0.15) is 43.7 Å². The van der Waals surface area contributed by atoms with Gasteiger partial charge in [0.1, 0.15) is 12.2 Å². The van der Waals surface area contributed by atoms with Gasteiger partial charge in [0, 0.05) is 24.1 Å². The first-order chi connectivity index (χ1) is 17.4. The van der Waals surface area contributed by atoms with Crippen molar-refractivity contribution in [3.8, 4) is 0 Å². The summed E-state index contributed by atoms with van der Waals surface area (Å²) >= 11 is 1.48. The molecule has 194 valence electrons. The minimum atomic E-state index is -1.15. The summed E-state index contributed by atoms with van der Waals surface area (Å²) in [5.74, 6) is -0.472. The molecule has 0 saturated heterocycles. The van der Waals surface area contributed by atoms with Gasteiger partial charge in [-0.15, -0.1) is 5.10 Å². The molecule has 10 nitrogen and oxygen atoms in total. The third kappa shape index (κ3) is 4.90. The third-order valence-electron chi connectivity index (χ3n) is 6.56. The summed E-state index contributed by atoms with van der Waals surface area (Å²) in [4.78, 5) is 9.27. The zero-order valence-corrected chi connectivity index (χ0v) is 20.4. The molecule has 3 aromatic rings. The number of aromatic nitrogens is 5. The number of ether oxygens (including phenoxy) is 1. The fourth-order valence-electron chi connectivity index (χ4n) is 4.61. The van der Waals surface area contributed by atoms with E-state index in [4.69, 9.17) is 9.84 Å². The third-order valence-corrected chi connectivity index (χ3v) is 7.61. The number of thioether (sulfide) groups is 1. The topological polar surface area (TPSA) is 138 Å². The highest BCUT2D eigenvalue weighted by atomic mass is 32.2. The smallest absolute Gasteiger partial charge is 0.191 e. The summed E-state index contributed by atoms with van der Waals surface area (Å²) in [6.45, 7) is 1.91. The first kappa shape index (κ1) is 25.2. The molecule has 0 amide bonds. The number of halogens is 2. The molecule has 0 spiro atoms. The summed E-state index contributed by atoms with van der Waals surface area (Å²) in [7, 11) is 0. The zero-order chi connectivity index (χ0) is 25.4. The maximum atomic E-state index is 13.7. The van der Waals surface area contributed by atoms with Crippen LogP contribution in [-0.2, 0) is 4.74 Å². The molecule has 0 aliphatic heterocycles. The maximum Gasteiger partial charge on any atom is 0.191 e. The fourth-order valence-corrected chi connectivity index (χ4v) is 5.31. The summed E-state index contributed by atoms with van der Waals surface area (Å²) in [6, 6.07) is 3.26. The number of anilines is 1. The largest absolute Gasteiger partial charge is 0.394 e. The molecule has 4 N–H and O–H groups in total. The van der Waals surface area contributed by atoms with E-state index in [1.165, 1.54) is 22.5 Å². The van der Waals surface area contributed by atoms with Crippen molar-refractivity contribution >= 4 is 28.7 Å². The van der Waals surface area contributed by atoms with Gasteiger partial charge in [-0.3, -0.25) is 0 Å². The predicted molar refractivity (Wildman–Crippen MR) is 128 cm³/mol. The van der Waals surface area contributed by atoms with Crippen molar-refractivity contribution in [2.45, 2.75) is 67.7 Å². The van der Waals surface area contributed by atoms with Crippen LogP contribution >= 0.6 is 11.8 Å². The van der Waals surface area contributed by atoms with Crippen LogP contribution in [0.4, 0.5) is 14.6 Å². The van der Waals surface area contributed by atoms with Gasteiger partial charge < -0.3 is 25.4 Å². The number of rotatable bonds is 10. The van der Waals surface area contributed by atoms with Crippen LogP contribution in [0.5, 0.6) is 0 Å². The minimum absolute atomic E-state index is 0.00291. The maximum absolute atomic E-state index is 13.7. The Morgan fingerprint density at radius 3 is 2.75 bits per heavy atom. The van der Waals surface area contributed by atoms with Crippen molar-refractivity contribution in [3.63, 3.8) is 0 Å². The Balaban J connectivity index is 1.43. The van der Waals surface area contributed by atoms with Crippen LogP contribution in [0.3, 0.4) is 0 Å². The van der Waals surface area contributed by atoms with Crippen molar-refractivity contribution < 1.29 is 28.8 Å². The molecule has 2 fully saturated rings. The lowest BCUT2D eigenvalue weighted by molar-refractivity contribution is -0.0629. The number of hydrogen-bond acceptors (Lipinski definition) is 10. The number of nitrogens with one attached hydrogen (secondary N) is 1. The molecule has 2 aliphatic rings. The molecule has 0 radical (unpaired) electrons. The molecule has 2 aromatic heterocycles. The molecule has 1 unspecified atom stereocenters. The monoisotopic (exact) mass is 522 g/mol. The van der Waals surface area contributed by atoms with Gasteiger partial charge in [-0.1, -0.05) is 30.0 Å². The van der Waals surface area contributed by atoms with E-state index in [2.05, 4.69) is 32.5 Å². The van der Waals surface area contributed by atoms with E-state index >= 15 is 0 Å². The Morgan fingerprint density at radius 1 is 1.17 bits per heavy atom. The van der Waals surface area contributed by atoms with E-state index < -0.39 is 36.0 Å². The summed E-state index contributed by atoms with van der Waals surface area (Å²) in [5.41, 5.74) is 1.53. The lowest BCUT2D eigenvalue weighted by Gasteiger charge is -2.17. The molecular weight excluding hydrogens is 494 g/mol. The van der Waals surface area contributed by atoms with E-state index in [1.54, 1.807) is 6.07 Å². The fraction of sp³-hybridized carbons (Fsp3) is 0.565. The van der Waals surface area contributed by atoms with Gasteiger partial charge >= 0.3 is 0 Å². The van der Waals surface area contributed by atoms with E-state index in [9.17, 15) is 19.0 Å². The number of aliphatic hydroxyl groups is 3. The Kier molecular flexibility index (Phi) is 7.35. The second-order valence-corrected chi connectivity index (χ2v) is 10.2. The second kappa shape index (κ2) is 10.5. The molecule has 5 rings (SSSR count). The number of fused-ring (bicyclic) bond motifs is 1. The van der Waals surface area contributed by atoms with Crippen LogP contribution in [0, 0.1) is 11.6 Å². The minimum Gasteiger partial charge on any atom is -0.394 e. The zero-order valence-electron chi connectivity index (χ0n) is 19.6. The lowest BCUT2D eigenvalue weighted by Crippen LogP contribution is -2.33. The van der Waals surface area contributed by atoms with Gasteiger partial charge in [0.2, 0.25) is 0 Å². The highest BCUT2D eigenvalue weighted by Crippen LogP contribution is 2.44. The van der Waals surface area contributed by atoms with Crippen LogP contribution in [-0.4, -0.2) is 83.6 Å². The highest BCUT2D eigenvalue weighted by Gasteiger charge is 2.45. The standard InChI is InChI=1S/C23H28F2N6O4S/c1-2-7-36-23-27-21(26-15-9-12(15)11-3-4-13(24)14(25)8-11)18-22(28-23)31(30-29-18)16-10-17(35-6-5-32)20(34)19(16)33/h3-4,8,12,15-17,19-20,32-34H,2,5-7,9-10H2,1H3,(H,26,27,28)/t12?,15-,16+,17-,19-,20+/m1/s1. The van der Waals surface area contributed by atoms with Gasteiger partial charge in [0.15, 0.2) is 33.8 Å². The number of benzene rings is 1. The van der Waals surface area contributed by atoms with Crippen molar-refractivity contribution in [1.29, 1.82) is 0 Å². The van der Waals surface area contributed by atoms with Gasteiger partial charge in [-0.25, -0.2) is 23.4 Å². The van der Waals surface area contributed by atoms with E-state index in [-0.39, 0.29) is 31.6 Å². The molecule has 2 aliphatic carbocycles. The van der Waals surface area contributed by atoms with Crippen molar-refractivity contribution in [1.82, 2.24) is 25.0 Å². The van der Waals surface area contributed by atoms with Gasteiger partial charge in [-0.05, 0) is 30.5 Å². The molecular formula is C23H28F2N6O4S. The lowest BCUT2D eigenvalue weighted by atomic mass is 10.1. The first-order valence-corrected chi connectivity index (χ1v) is 13.0. The number of hydrogen-bond donors (Lipinski definition) is 4. The highest BCUT2D eigenvalue weighted by molar-refractivity contribution is 7.99. The van der Waals surface area contributed by atoms with E-state index in [1.807, 2.05) is 0 Å². The van der Waals surface area contributed by atoms with Crippen LogP contribution in [0.15, 0.2) is 23.4 Å². The van der Waals surface area contributed by atoms with Crippen LogP contribution < -0.4 is 5.32 Å². The Labute approximate surface area is 210 Å². The Hall–Kier alpha value is -2.45. The Bertz CT molecular complexity index is 1230. The summed E-state index contributed by atoms with van der Waals surface area (Å²) in [6.07, 6.45) is -1.04. The molecule has 0 bridgehead atoms. The molecule has 36 heavy (non-hydrogen) atoms. The van der Waals surface area contributed by atoms with E-state index in [0.717, 1.165) is 24.7 Å². The molecule has 13 heteroatoms. The van der Waals surface area contributed by atoms with Crippen molar-refractivity contribution in [2.24, 2.45) is 0 Å². The van der Waals surface area contributed by atoms with Crippen molar-refractivity contribution in [2.75, 3.05) is 24.3 Å². The number of aliphatic hydroxyl groups excluding tert-OH is 3. The Morgan fingerprint density at radius 2 is 2.00 bits per heavy atom. The predicted octanol–water partition coefficient (Wildman–Crippen LogP) is 2.01. The molecule has 2 saturated carbocycles. The second-order valence-electron chi connectivity index (χ2n) is 9.09. The average Bonchev–Trinajstić information content (AvgIpc) is 3.41. The van der Waals surface area contributed by atoms with Gasteiger partial charge in [0.25, 0.3) is 0 Å². The van der Waals surface area contributed by atoms with Crippen molar-refractivity contribution in [3.05, 3.63) is 35.4 Å². The van der Waals surface area contributed by atoms with E-state index in [0.29, 0.717) is 27.7 Å². The quantitative estimate of drug-likeness (QED) is 0.231. The molecule has 1 aromatic carbocycles. The normalized spacial score (nSPS) is 27.6. The average molecular weight is 523 g/mol. The number of nitrogens with zero attached hydrogens (tertiary/aromatic N) is 5. The van der Waals surface area contributed by atoms with Crippen LogP contribution in [0.25, 0.3) is 11.2 Å². The summed E-state index contributed by atoms with van der Waals surface area (Å²) < 4.78 is 34.0. The molecule has 6 atom stereocenters. The first-order valence-electron chi connectivity index (χ1n) is 12.0. The van der Waals surface area contributed by atoms with Crippen LogP contribution in [0.2, 0.25) is 0 Å².